The number of nitrogens with one attached hydrogen (secondary N) is 2. The summed E-state index contributed by atoms with van der Waals surface area (Å²) in [6, 6.07) is 6.22. The number of urea groups is 1. The molecule has 2 aliphatic heterocycles. The number of benzene rings is 1. The Morgan fingerprint density at radius 3 is 2.56 bits per heavy atom. The molecule has 2 aliphatic rings. The number of halogens is 2. The molecule has 0 bridgehead atoms. The lowest BCUT2D eigenvalue weighted by atomic mass is 10.1. The van der Waals surface area contributed by atoms with E-state index < -0.39 is 67.5 Å². The Kier molecular flexibility index (Phi) is 9.29. The number of hydrogen-bond donors (Lipinski definition) is 4. The van der Waals surface area contributed by atoms with Crippen LogP contribution in [0.15, 0.2) is 42.6 Å². The van der Waals surface area contributed by atoms with Crippen LogP contribution in [-0.4, -0.2) is 74.9 Å². The zero-order valence-electron chi connectivity index (χ0n) is 19.6. The molecule has 12 nitrogen and oxygen atoms in total. The average molecular weight is 568 g/mol. The fourth-order valence-corrected chi connectivity index (χ4v) is 5.38. The zero-order valence-corrected chi connectivity index (χ0v) is 22.0. The summed E-state index contributed by atoms with van der Waals surface area (Å²) in [6.07, 6.45) is -3.40. The molecule has 4 N–H and O–H groups in total. The van der Waals surface area contributed by atoms with Crippen molar-refractivity contribution in [3.05, 3.63) is 42.6 Å². The van der Waals surface area contributed by atoms with E-state index in [1.807, 2.05) is 0 Å². The minimum Gasteiger partial charge on any atom is -0.462 e. The lowest BCUT2D eigenvalue weighted by Gasteiger charge is -2.34. The summed E-state index contributed by atoms with van der Waals surface area (Å²) in [5.41, 5.74) is 0. The molecule has 0 saturated carbocycles. The Morgan fingerprint density at radius 2 is 1.94 bits per heavy atom. The van der Waals surface area contributed by atoms with Crippen LogP contribution in [0.5, 0.6) is 5.75 Å². The first-order chi connectivity index (χ1) is 16.8. The minimum absolute atomic E-state index is 0.182. The van der Waals surface area contributed by atoms with E-state index in [-0.39, 0.29) is 5.75 Å². The van der Waals surface area contributed by atoms with Gasteiger partial charge in [-0.05, 0) is 39.0 Å². The molecule has 1 aromatic carbocycles. The maximum Gasteiger partial charge on any atom is 0.459 e. The quantitative estimate of drug-likeness (QED) is 0.188. The Bertz CT molecular complexity index is 1010. The second-order valence-electron chi connectivity index (χ2n) is 8.32. The van der Waals surface area contributed by atoms with Crippen molar-refractivity contribution >= 4 is 42.9 Å². The van der Waals surface area contributed by atoms with Crippen LogP contribution in [0.4, 0.5) is 4.79 Å². The summed E-state index contributed by atoms with van der Waals surface area (Å²) in [7, 11) is -4.26. The van der Waals surface area contributed by atoms with Crippen molar-refractivity contribution in [2.75, 3.05) is 6.61 Å². The van der Waals surface area contributed by atoms with Gasteiger partial charge in [0.25, 0.3) is 0 Å². The summed E-state index contributed by atoms with van der Waals surface area (Å²) < 4.78 is 33.5. The molecule has 0 aromatic heterocycles. The molecule has 2 amide bonds. The van der Waals surface area contributed by atoms with Gasteiger partial charge in [-0.2, -0.15) is 5.09 Å². The summed E-state index contributed by atoms with van der Waals surface area (Å²) in [6.45, 7) is 4.20. The number of amides is 2. The highest BCUT2D eigenvalue weighted by Gasteiger charge is 2.58. The average Bonchev–Trinajstić information content (AvgIpc) is 3.01. The number of carbonyl (C=O) groups is 2. The number of nitrogens with zero attached hydrogens (tertiary/aromatic N) is 1. The first-order valence-corrected chi connectivity index (χ1v) is 13.3. The molecule has 0 aliphatic carbocycles. The molecule has 6 atom stereocenters. The summed E-state index contributed by atoms with van der Waals surface area (Å²) in [5, 5.41) is 25.0. The first-order valence-electron chi connectivity index (χ1n) is 11.0. The van der Waals surface area contributed by atoms with Gasteiger partial charge in [-0.3, -0.25) is 14.2 Å². The van der Waals surface area contributed by atoms with Crippen LogP contribution >= 0.6 is 30.9 Å². The van der Waals surface area contributed by atoms with Gasteiger partial charge in [0.15, 0.2) is 10.6 Å². The van der Waals surface area contributed by atoms with E-state index in [2.05, 4.69) is 10.4 Å². The van der Waals surface area contributed by atoms with Crippen LogP contribution in [0.1, 0.15) is 20.8 Å². The molecule has 2 unspecified atom stereocenters. The maximum atomic E-state index is 13.6. The number of hydrogen-bond acceptors (Lipinski definition) is 9. The number of aliphatic hydroxyl groups excluding tert-OH is 2. The molecule has 1 aromatic rings. The van der Waals surface area contributed by atoms with E-state index in [4.69, 9.17) is 41.7 Å². The number of rotatable bonds is 10. The summed E-state index contributed by atoms with van der Waals surface area (Å²) in [4.78, 5) is 25.5. The lowest BCUT2D eigenvalue weighted by Crippen LogP contribution is -2.54. The number of aliphatic hydroxyl groups is 2. The SMILES string of the molecule is CC(C)OC(=O)[C@@H](C)NP(=O)(OC[C@H]1O[C@@H](N2C=CC(O)NC2=O)C(Cl)(Cl)[C@@H]1O)Oc1ccccc1. The third kappa shape index (κ3) is 6.90. The van der Waals surface area contributed by atoms with Crippen LogP contribution in [-0.2, 0) is 23.4 Å². The van der Waals surface area contributed by atoms with Crippen molar-refractivity contribution in [3.63, 3.8) is 0 Å². The third-order valence-electron chi connectivity index (χ3n) is 5.00. The van der Waals surface area contributed by atoms with Crippen LogP contribution in [0, 0.1) is 0 Å². The molecule has 0 spiro atoms. The van der Waals surface area contributed by atoms with E-state index in [1.54, 1.807) is 32.0 Å². The fraction of sp³-hybridized carbons (Fsp3) is 0.524. The van der Waals surface area contributed by atoms with Gasteiger partial charge in [-0.25, -0.2) is 9.36 Å². The highest BCUT2D eigenvalue weighted by Crippen LogP contribution is 2.48. The van der Waals surface area contributed by atoms with Crippen molar-refractivity contribution in [3.8, 4) is 5.75 Å². The smallest absolute Gasteiger partial charge is 0.459 e. The van der Waals surface area contributed by atoms with Crippen LogP contribution in [0.2, 0.25) is 0 Å². The monoisotopic (exact) mass is 567 g/mol. The van der Waals surface area contributed by atoms with Crippen molar-refractivity contribution in [2.24, 2.45) is 0 Å². The van der Waals surface area contributed by atoms with E-state index in [9.17, 15) is 24.4 Å². The van der Waals surface area contributed by atoms with E-state index in [0.29, 0.717) is 0 Å². The minimum atomic E-state index is -4.26. The van der Waals surface area contributed by atoms with Crippen LogP contribution in [0.3, 0.4) is 0 Å². The van der Waals surface area contributed by atoms with Gasteiger partial charge in [0.05, 0.1) is 12.7 Å². The van der Waals surface area contributed by atoms with Gasteiger partial charge in [0.2, 0.25) is 0 Å². The fourth-order valence-electron chi connectivity index (χ4n) is 3.29. The topological polar surface area (TPSA) is 156 Å². The van der Waals surface area contributed by atoms with Gasteiger partial charge in [-0.15, -0.1) is 0 Å². The van der Waals surface area contributed by atoms with Crippen molar-refractivity contribution in [1.82, 2.24) is 15.3 Å². The lowest BCUT2D eigenvalue weighted by molar-refractivity contribution is -0.149. The first kappa shape index (κ1) is 28.7. The second-order valence-corrected chi connectivity index (χ2v) is 11.5. The Morgan fingerprint density at radius 1 is 1.28 bits per heavy atom. The molecule has 36 heavy (non-hydrogen) atoms. The molecule has 15 heteroatoms. The van der Waals surface area contributed by atoms with E-state index in [0.717, 1.165) is 4.90 Å². The van der Waals surface area contributed by atoms with Gasteiger partial charge in [-0.1, -0.05) is 41.4 Å². The number of carbonyl (C=O) groups excluding carboxylic acids is 2. The molecule has 3 rings (SSSR count). The predicted molar refractivity (Wildman–Crippen MR) is 129 cm³/mol. The van der Waals surface area contributed by atoms with E-state index >= 15 is 0 Å². The van der Waals surface area contributed by atoms with Gasteiger partial charge >= 0.3 is 19.7 Å². The van der Waals surface area contributed by atoms with Crippen molar-refractivity contribution in [1.29, 1.82) is 0 Å². The number of ether oxygens (including phenoxy) is 2. The molecule has 1 saturated heterocycles. The number of alkyl halides is 2. The molecular formula is C21H28Cl2N3O9P. The molecule has 2 heterocycles. The van der Waals surface area contributed by atoms with Gasteiger partial charge in [0.1, 0.15) is 30.2 Å². The largest absolute Gasteiger partial charge is 0.462 e. The molecular weight excluding hydrogens is 540 g/mol. The normalized spacial score (nSPS) is 27.9. The van der Waals surface area contributed by atoms with Crippen molar-refractivity contribution in [2.45, 2.75) is 61.9 Å². The highest BCUT2D eigenvalue weighted by atomic mass is 35.5. The van der Waals surface area contributed by atoms with Gasteiger partial charge in [0, 0.05) is 6.20 Å². The Balaban J connectivity index is 1.75. The summed E-state index contributed by atoms with van der Waals surface area (Å²) in [5.74, 6) is -0.505. The zero-order chi connectivity index (χ0) is 26.7. The third-order valence-corrected chi connectivity index (χ3v) is 7.47. The predicted octanol–water partition coefficient (Wildman–Crippen LogP) is 2.24. The summed E-state index contributed by atoms with van der Waals surface area (Å²) >= 11 is 12.6. The Labute approximate surface area is 218 Å². The maximum absolute atomic E-state index is 13.6. The van der Waals surface area contributed by atoms with Crippen molar-refractivity contribution < 1.29 is 42.9 Å². The molecule has 0 radical (unpaired) electrons. The van der Waals surface area contributed by atoms with Gasteiger partial charge < -0.3 is 29.5 Å². The Hall–Kier alpha value is -1.89. The van der Waals surface area contributed by atoms with Crippen LogP contribution < -0.4 is 14.9 Å². The van der Waals surface area contributed by atoms with E-state index in [1.165, 1.54) is 31.3 Å². The number of esters is 1. The highest BCUT2D eigenvalue weighted by molar-refractivity contribution is 7.52. The standard InChI is InChI=1S/C21H28Cl2N3O9P/c1-12(2)33-18(29)13(3)25-36(31,35-14-7-5-4-6-8-14)32-11-15-17(28)21(22,23)19(34-15)26-10-9-16(27)24-20(26)30/h4-10,12-13,15-17,19,27-28H,11H2,1-3H3,(H,24,30)(H,25,31)/t13-,15-,16?,17-,19-,36?/m1/s1. The van der Waals surface area contributed by atoms with Crippen LogP contribution in [0.25, 0.3) is 0 Å². The molecule has 200 valence electrons. The number of para-hydroxylation sites is 1. The molecule has 1 fully saturated rings. The second kappa shape index (κ2) is 11.7.